The molecule has 1 unspecified atom stereocenters. The van der Waals surface area contributed by atoms with Crippen molar-refractivity contribution in [3.63, 3.8) is 0 Å². The van der Waals surface area contributed by atoms with Crippen molar-refractivity contribution < 1.29 is 18.3 Å². The lowest BCUT2D eigenvalue weighted by Gasteiger charge is -2.25. The van der Waals surface area contributed by atoms with Gasteiger partial charge in [0.1, 0.15) is 17.5 Å². The second-order valence-electron chi connectivity index (χ2n) is 4.68. The molecule has 0 heterocycles. The Morgan fingerprint density at radius 3 is 2.16 bits per heavy atom. The first-order valence-corrected chi connectivity index (χ1v) is 5.81. The first-order valence-electron chi connectivity index (χ1n) is 5.81. The molecule has 0 aliphatic heterocycles. The molecule has 0 aliphatic rings. The SMILES string of the molecule is CC(O)(Cc1cccc(F)c1)c1c(F)cccc1F. The molecule has 19 heavy (non-hydrogen) atoms. The number of benzene rings is 2. The van der Waals surface area contributed by atoms with Crippen LogP contribution in [0.3, 0.4) is 0 Å². The fourth-order valence-electron chi connectivity index (χ4n) is 2.15. The van der Waals surface area contributed by atoms with Gasteiger partial charge in [-0.2, -0.15) is 0 Å². The Balaban J connectivity index is 2.37. The van der Waals surface area contributed by atoms with Gasteiger partial charge in [-0.05, 0) is 36.8 Å². The minimum atomic E-state index is -1.75. The van der Waals surface area contributed by atoms with Crippen molar-refractivity contribution in [1.82, 2.24) is 0 Å². The summed E-state index contributed by atoms with van der Waals surface area (Å²) in [6.45, 7) is 1.30. The molecule has 2 aromatic carbocycles. The predicted molar refractivity (Wildman–Crippen MR) is 66.0 cm³/mol. The molecular formula is C15H13F3O. The monoisotopic (exact) mass is 266 g/mol. The van der Waals surface area contributed by atoms with Gasteiger partial charge in [0, 0.05) is 6.42 Å². The average Bonchev–Trinajstić information content (AvgIpc) is 2.27. The van der Waals surface area contributed by atoms with E-state index in [-0.39, 0.29) is 6.42 Å². The number of rotatable bonds is 3. The first kappa shape index (κ1) is 13.6. The van der Waals surface area contributed by atoms with Crippen LogP contribution >= 0.6 is 0 Å². The summed E-state index contributed by atoms with van der Waals surface area (Å²) >= 11 is 0. The fourth-order valence-corrected chi connectivity index (χ4v) is 2.15. The smallest absolute Gasteiger partial charge is 0.132 e. The van der Waals surface area contributed by atoms with Crippen LogP contribution in [0.4, 0.5) is 13.2 Å². The quantitative estimate of drug-likeness (QED) is 0.900. The van der Waals surface area contributed by atoms with E-state index in [0.29, 0.717) is 5.56 Å². The number of hydrogen-bond acceptors (Lipinski definition) is 1. The van der Waals surface area contributed by atoms with Crippen molar-refractivity contribution in [2.24, 2.45) is 0 Å². The Kier molecular flexibility index (Phi) is 3.62. The maximum absolute atomic E-state index is 13.7. The molecule has 0 saturated heterocycles. The summed E-state index contributed by atoms with van der Waals surface area (Å²) in [4.78, 5) is 0. The normalized spacial score (nSPS) is 14.2. The summed E-state index contributed by atoms with van der Waals surface area (Å²) in [6.07, 6.45) is -0.0807. The molecule has 0 aromatic heterocycles. The topological polar surface area (TPSA) is 20.2 Å². The van der Waals surface area contributed by atoms with Crippen LogP contribution in [0.15, 0.2) is 42.5 Å². The van der Waals surface area contributed by atoms with Gasteiger partial charge in [-0.1, -0.05) is 18.2 Å². The Labute approximate surface area is 109 Å². The lowest BCUT2D eigenvalue weighted by molar-refractivity contribution is 0.0497. The summed E-state index contributed by atoms with van der Waals surface area (Å²) in [5, 5.41) is 10.3. The van der Waals surface area contributed by atoms with E-state index >= 15 is 0 Å². The van der Waals surface area contributed by atoms with Crippen molar-refractivity contribution in [2.75, 3.05) is 0 Å². The van der Waals surface area contributed by atoms with Crippen molar-refractivity contribution in [3.05, 3.63) is 71.0 Å². The average molecular weight is 266 g/mol. The van der Waals surface area contributed by atoms with E-state index in [2.05, 4.69) is 0 Å². The maximum atomic E-state index is 13.7. The highest BCUT2D eigenvalue weighted by Gasteiger charge is 2.30. The first-order chi connectivity index (χ1) is 8.90. The van der Waals surface area contributed by atoms with E-state index < -0.39 is 28.6 Å². The van der Waals surface area contributed by atoms with Crippen LogP contribution in [0.2, 0.25) is 0 Å². The highest BCUT2D eigenvalue weighted by molar-refractivity contribution is 5.29. The van der Waals surface area contributed by atoms with Gasteiger partial charge in [-0.15, -0.1) is 0 Å². The highest BCUT2D eigenvalue weighted by Crippen LogP contribution is 2.29. The zero-order valence-corrected chi connectivity index (χ0v) is 10.3. The second kappa shape index (κ2) is 5.05. The Morgan fingerprint density at radius 1 is 1.00 bits per heavy atom. The molecule has 0 saturated carbocycles. The summed E-state index contributed by atoms with van der Waals surface area (Å²) in [6, 6.07) is 8.97. The van der Waals surface area contributed by atoms with Crippen LogP contribution in [0.5, 0.6) is 0 Å². The fraction of sp³-hybridized carbons (Fsp3) is 0.200. The Bertz CT molecular complexity index is 573. The van der Waals surface area contributed by atoms with Gasteiger partial charge < -0.3 is 5.11 Å². The summed E-state index contributed by atoms with van der Waals surface area (Å²) in [5.74, 6) is -2.09. The van der Waals surface area contributed by atoms with E-state index in [9.17, 15) is 18.3 Å². The van der Waals surface area contributed by atoms with Gasteiger partial charge in [-0.3, -0.25) is 0 Å². The van der Waals surface area contributed by atoms with Crippen LogP contribution in [0, 0.1) is 17.5 Å². The standard InChI is InChI=1S/C15H13F3O/c1-15(19,9-10-4-2-5-11(16)8-10)14-12(17)6-3-7-13(14)18/h2-8,19H,9H2,1H3. The van der Waals surface area contributed by atoms with E-state index in [1.165, 1.54) is 31.2 Å². The second-order valence-corrected chi connectivity index (χ2v) is 4.68. The lowest BCUT2D eigenvalue weighted by Crippen LogP contribution is -2.27. The molecule has 1 N–H and O–H groups in total. The van der Waals surface area contributed by atoms with E-state index in [1.807, 2.05) is 0 Å². The molecule has 2 rings (SSSR count). The van der Waals surface area contributed by atoms with Crippen molar-refractivity contribution >= 4 is 0 Å². The van der Waals surface area contributed by atoms with Crippen molar-refractivity contribution in [3.8, 4) is 0 Å². The highest BCUT2D eigenvalue weighted by atomic mass is 19.1. The number of halogens is 3. The van der Waals surface area contributed by atoms with Crippen LogP contribution < -0.4 is 0 Å². The van der Waals surface area contributed by atoms with Crippen LogP contribution in [0.1, 0.15) is 18.1 Å². The van der Waals surface area contributed by atoms with Crippen LogP contribution in [-0.2, 0) is 12.0 Å². The van der Waals surface area contributed by atoms with E-state index in [0.717, 1.165) is 12.1 Å². The molecule has 0 fully saturated rings. The van der Waals surface area contributed by atoms with E-state index in [4.69, 9.17) is 0 Å². The molecule has 0 bridgehead atoms. The zero-order chi connectivity index (χ0) is 14.0. The van der Waals surface area contributed by atoms with Crippen molar-refractivity contribution in [1.29, 1.82) is 0 Å². The third-order valence-corrected chi connectivity index (χ3v) is 2.94. The van der Waals surface area contributed by atoms with Gasteiger partial charge in [0.2, 0.25) is 0 Å². The summed E-state index contributed by atoms with van der Waals surface area (Å²) < 4.78 is 40.4. The Hall–Kier alpha value is -1.81. The van der Waals surface area contributed by atoms with Gasteiger partial charge in [0.25, 0.3) is 0 Å². The Morgan fingerprint density at radius 2 is 1.58 bits per heavy atom. The predicted octanol–water partition coefficient (Wildman–Crippen LogP) is 3.55. The lowest BCUT2D eigenvalue weighted by atomic mass is 9.88. The molecule has 1 atom stereocenters. The van der Waals surface area contributed by atoms with Gasteiger partial charge >= 0.3 is 0 Å². The van der Waals surface area contributed by atoms with Gasteiger partial charge in [0.05, 0.1) is 11.2 Å². The molecular weight excluding hydrogens is 253 g/mol. The van der Waals surface area contributed by atoms with E-state index in [1.54, 1.807) is 6.07 Å². The molecule has 0 radical (unpaired) electrons. The maximum Gasteiger partial charge on any atom is 0.132 e. The molecule has 1 nitrogen and oxygen atoms in total. The minimum absolute atomic E-state index is 0.0807. The van der Waals surface area contributed by atoms with Gasteiger partial charge in [0.15, 0.2) is 0 Å². The molecule has 0 spiro atoms. The largest absolute Gasteiger partial charge is 0.385 e. The van der Waals surface area contributed by atoms with Crippen molar-refractivity contribution in [2.45, 2.75) is 18.9 Å². The molecule has 4 heteroatoms. The van der Waals surface area contributed by atoms with Crippen LogP contribution in [-0.4, -0.2) is 5.11 Å². The zero-order valence-electron chi connectivity index (χ0n) is 10.3. The van der Waals surface area contributed by atoms with Gasteiger partial charge in [-0.25, -0.2) is 13.2 Å². The molecule has 2 aromatic rings. The number of hydrogen-bond donors (Lipinski definition) is 1. The molecule has 0 amide bonds. The minimum Gasteiger partial charge on any atom is -0.385 e. The summed E-state index contributed by atoms with van der Waals surface area (Å²) in [5.41, 5.74) is -1.68. The third kappa shape index (κ3) is 2.96. The summed E-state index contributed by atoms with van der Waals surface area (Å²) in [7, 11) is 0. The van der Waals surface area contributed by atoms with Crippen LogP contribution in [0.25, 0.3) is 0 Å². The molecule has 0 aliphatic carbocycles. The number of aliphatic hydroxyl groups is 1. The third-order valence-electron chi connectivity index (χ3n) is 2.94. The molecule has 100 valence electrons.